The van der Waals surface area contributed by atoms with Gasteiger partial charge in [0.2, 0.25) is 11.8 Å². The highest BCUT2D eigenvalue weighted by atomic mass is 16.5. The second-order valence-electron chi connectivity index (χ2n) is 5.18. The fourth-order valence-corrected chi connectivity index (χ4v) is 1.48. The topological polar surface area (TPSA) is 47.9 Å². The van der Waals surface area contributed by atoms with E-state index < -0.39 is 0 Å². The van der Waals surface area contributed by atoms with Crippen LogP contribution in [0.15, 0.2) is 30.7 Å². The van der Waals surface area contributed by atoms with E-state index in [2.05, 4.69) is 35.7 Å². The zero-order valence-electron chi connectivity index (χ0n) is 11.1. The number of rotatable bonds is 2. The van der Waals surface area contributed by atoms with Crippen molar-refractivity contribution >= 4 is 0 Å². The van der Waals surface area contributed by atoms with Crippen LogP contribution in [0, 0.1) is 6.92 Å². The molecule has 2 aromatic heterocycles. The van der Waals surface area contributed by atoms with Crippen molar-refractivity contribution in [2.24, 2.45) is 0 Å². The molecule has 4 nitrogen and oxygen atoms in total. The molecule has 0 atom stereocenters. The van der Waals surface area contributed by atoms with Crippen LogP contribution in [0.3, 0.4) is 0 Å². The van der Waals surface area contributed by atoms with Crippen molar-refractivity contribution < 1.29 is 4.74 Å². The van der Waals surface area contributed by atoms with Gasteiger partial charge in [-0.1, -0.05) is 26.8 Å². The van der Waals surface area contributed by atoms with Crippen LogP contribution < -0.4 is 4.74 Å². The van der Waals surface area contributed by atoms with E-state index in [4.69, 9.17) is 4.74 Å². The average Bonchev–Trinajstić information content (AvgIpc) is 2.32. The van der Waals surface area contributed by atoms with Gasteiger partial charge in [-0.05, 0) is 17.9 Å². The maximum absolute atomic E-state index is 5.59. The molecule has 0 N–H and O–H groups in total. The van der Waals surface area contributed by atoms with E-state index in [-0.39, 0.29) is 5.41 Å². The van der Waals surface area contributed by atoms with Crippen molar-refractivity contribution in [3.05, 3.63) is 42.0 Å². The molecule has 0 unspecified atom stereocenters. The Bertz CT molecular complexity index is 529. The Balaban J connectivity index is 2.19. The van der Waals surface area contributed by atoms with Gasteiger partial charge in [-0.3, -0.25) is 4.98 Å². The van der Waals surface area contributed by atoms with Crippen molar-refractivity contribution in [2.45, 2.75) is 33.1 Å². The zero-order chi connectivity index (χ0) is 13.2. The third-order valence-corrected chi connectivity index (χ3v) is 2.64. The van der Waals surface area contributed by atoms with Gasteiger partial charge in [0.05, 0.1) is 5.69 Å². The van der Waals surface area contributed by atoms with Crippen molar-refractivity contribution in [2.75, 3.05) is 0 Å². The highest BCUT2D eigenvalue weighted by Crippen LogP contribution is 2.24. The van der Waals surface area contributed by atoms with Gasteiger partial charge in [0, 0.05) is 24.7 Å². The van der Waals surface area contributed by atoms with E-state index in [0.717, 1.165) is 5.69 Å². The molecule has 0 aliphatic carbocycles. The molecule has 0 radical (unpaired) electrons. The molecule has 0 aliphatic heterocycles. The second kappa shape index (κ2) is 4.72. The van der Waals surface area contributed by atoms with Gasteiger partial charge in [-0.25, -0.2) is 9.97 Å². The predicted octanol–water partition coefficient (Wildman–Crippen LogP) is 3.27. The first-order valence-electron chi connectivity index (χ1n) is 5.89. The quantitative estimate of drug-likeness (QED) is 0.812. The standard InChI is InChI=1S/C14H17N3O/c1-10-13(16-8-7-15-10)18-12-6-5-11(9-17-12)14(2,3)4/h5-9H,1-4H3. The van der Waals surface area contributed by atoms with E-state index in [0.29, 0.717) is 11.8 Å². The average molecular weight is 243 g/mol. The highest BCUT2D eigenvalue weighted by Gasteiger charge is 2.14. The SMILES string of the molecule is Cc1nccnc1Oc1ccc(C(C)(C)C)cn1. The van der Waals surface area contributed by atoms with E-state index in [1.165, 1.54) is 5.56 Å². The van der Waals surface area contributed by atoms with Crippen LogP contribution in [0.1, 0.15) is 32.0 Å². The van der Waals surface area contributed by atoms with Crippen molar-refractivity contribution in [1.29, 1.82) is 0 Å². The monoisotopic (exact) mass is 243 g/mol. The molecule has 18 heavy (non-hydrogen) atoms. The molecule has 0 fully saturated rings. The third-order valence-electron chi connectivity index (χ3n) is 2.64. The summed E-state index contributed by atoms with van der Waals surface area (Å²) in [6.45, 7) is 8.30. The van der Waals surface area contributed by atoms with Gasteiger partial charge in [-0.2, -0.15) is 0 Å². The van der Waals surface area contributed by atoms with Gasteiger partial charge in [0.25, 0.3) is 0 Å². The van der Waals surface area contributed by atoms with Gasteiger partial charge < -0.3 is 4.74 Å². The van der Waals surface area contributed by atoms with Crippen molar-refractivity contribution in [3.8, 4) is 11.8 Å². The maximum atomic E-state index is 5.59. The molecule has 4 heteroatoms. The summed E-state index contributed by atoms with van der Waals surface area (Å²) >= 11 is 0. The van der Waals surface area contributed by atoms with Gasteiger partial charge in [0.1, 0.15) is 0 Å². The Labute approximate surface area is 107 Å². The van der Waals surface area contributed by atoms with Gasteiger partial charge in [0.15, 0.2) is 0 Å². The summed E-state index contributed by atoms with van der Waals surface area (Å²) in [5.41, 5.74) is 2.01. The van der Waals surface area contributed by atoms with Crippen molar-refractivity contribution in [3.63, 3.8) is 0 Å². The number of nitrogens with zero attached hydrogens (tertiary/aromatic N) is 3. The van der Waals surface area contributed by atoms with Gasteiger partial charge in [-0.15, -0.1) is 0 Å². The molecule has 2 aromatic rings. The van der Waals surface area contributed by atoms with Crippen LogP contribution in [0.5, 0.6) is 11.8 Å². The van der Waals surface area contributed by atoms with Crippen LogP contribution in [-0.4, -0.2) is 15.0 Å². The molecular formula is C14H17N3O. The fraction of sp³-hybridized carbons (Fsp3) is 0.357. The summed E-state index contributed by atoms with van der Waals surface area (Å²) in [5.74, 6) is 1.03. The number of hydrogen-bond acceptors (Lipinski definition) is 4. The van der Waals surface area contributed by atoms with Gasteiger partial charge >= 0.3 is 0 Å². The zero-order valence-corrected chi connectivity index (χ0v) is 11.1. The van der Waals surface area contributed by atoms with Crippen LogP contribution in [-0.2, 0) is 5.41 Å². The van der Waals surface area contributed by atoms with Crippen LogP contribution in [0.25, 0.3) is 0 Å². The van der Waals surface area contributed by atoms with Crippen LogP contribution in [0.2, 0.25) is 0 Å². The van der Waals surface area contributed by atoms with Crippen LogP contribution >= 0.6 is 0 Å². The van der Waals surface area contributed by atoms with Crippen molar-refractivity contribution in [1.82, 2.24) is 15.0 Å². The van der Waals surface area contributed by atoms with E-state index >= 15 is 0 Å². The Morgan fingerprint density at radius 1 is 1.00 bits per heavy atom. The second-order valence-corrected chi connectivity index (χ2v) is 5.18. The van der Waals surface area contributed by atoms with E-state index in [9.17, 15) is 0 Å². The van der Waals surface area contributed by atoms with Crippen LogP contribution in [0.4, 0.5) is 0 Å². The Morgan fingerprint density at radius 2 is 1.72 bits per heavy atom. The Hall–Kier alpha value is -1.97. The molecule has 0 saturated carbocycles. The summed E-state index contributed by atoms with van der Waals surface area (Å²) < 4.78 is 5.59. The first kappa shape index (κ1) is 12.5. The Morgan fingerprint density at radius 3 is 2.28 bits per heavy atom. The lowest BCUT2D eigenvalue weighted by atomic mass is 9.88. The van der Waals surface area contributed by atoms with E-state index in [1.54, 1.807) is 12.4 Å². The number of pyridine rings is 1. The number of aromatic nitrogens is 3. The largest absolute Gasteiger partial charge is 0.419 e. The maximum Gasteiger partial charge on any atom is 0.242 e. The summed E-state index contributed by atoms with van der Waals surface area (Å²) in [5, 5.41) is 0. The van der Waals surface area contributed by atoms with E-state index in [1.807, 2.05) is 25.3 Å². The molecule has 0 bridgehead atoms. The molecular weight excluding hydrogens is 226 g/mol. The lowest BCUT2D eigenvalue weighted by Gasteiger charge is -2.18. The summed E-state index contributed by atoms with van der Waals surface area (Å²) in [6, 6.07) is 3.88. The fourth-order valence-electron chi connectivity index (χ4n) is 1.48. The lowest BCUT2D eigenvalue weighted by Crippen LogP contribution is -2.11. The smallest absolute Gasteiger partial charge is 0.242 e. The summed E-state index contributed by atoms with van der Waals surface area (Å²) in [6.07, 6.45) is 5.07. The molecule has 2 rings (SSSR count). The minimum absolute atomic E-state index is 0.0913. The minimum atomic E-state index is 0.0913. The molecule has 0 amide bonds. The molecule has 0 aromatic carbocycles. The molecule has 2 heterocycles. The molecule has 94 valence electrons. The normalized spacial score (nSPS) is 11.3. The number of aryl methyl sites for hydroxylation is 1. The minimum Gasteiger partial charge on any atom is -0.419 e. The first-order chi connectivity index (χ1) is 8.47. The molecule has 0 spiro atoms. The third kappa shape index (κ3) is 2.83. The summed E-state index contributed by atoms with van der Waals surface area (Å²) in [7, 11) is 0. The Kier molecular flexibility index (Phi) is 3.28. The summed E-state index contributed by atoms with van der Waals surface area (Å²) in [4.78, 5) is 12.5. The first-order valence-corrected chi connectivity index (χ1v) is 5.89. The molecule has 0 saturated heterocycles. The molecule has 0 aliphatic rings. The lowest BCUT2D eigenvalue weighted by molar-refractivity contribution is 0.436. The predicted molar refractivity (Wildman–Crippen MR) is 69.8 cm³/mol. The highest BCUT2D eigenvalue weighted by molar-refractivity contribution is 5.27. The number of ether oxygens (including phenoxy) is 1. The number of hydrogen-bond donors (Lipinski definition) is 0.